The zero-order chi connectivity index (χ0) is 19.5. The van der Waals surface area contributed by atoms with Gasteiger partial charge in [0.15, 0.2) is 12.4 Å². The Morgan fingerprint density at radius 2 is 1.71 bits per heavy atom. The van der Waals surface area contributed by atoms with Gasteiger partial charge in [-0.25, -0.2) is 0 Å². The van der Waals surface area contributed by atoms with Crippen molar-refractivity contribution < 1.29 is 9.69 Å². The molecule has 1 N–H and O–H groups in total. The van der Waals surface area contributed by atoms with Gasteiger partial charge in [-0.3, -0.25) is 9.69 Å². The van der Waals surface area contributed by atoms with Crippen LogP contribution in [0.2, 0.25) is 0 Å². The van der Waals surface area contributed by atoms with Crippen LogP contribution in [-0.4, -0.2) is 50.5 Å². The predicted molar refractivity (Wildman–Crippen MR) is 113 cm³/mol. The summed E-state index contributed by atoms with van der Waals surface area (Å²) >= 11 is 0. The van der Waals surface area contributed by atoms with Crippen molar-refractivity contribution >= 4 is 17.3 Å². The second-order valence-electron chi connectivity index (χ2n) is 8.09. The third-order valence-electron chi connectivity index (χ3n) is 5.76. The number of nitrogens with one attached hydrogen (secondary N) is 1. The standard InChI is InChI=1S/C23H28N4O/c1-25(2)24-22-20-10-6-7-11-21(20)27(23(22)28)17-26-14-12-19(13-15-26)16-18-8-4-3-5-9-18/h3-11,19H,12-17H2,1-2H3/p+1/b24-22+. The number of likely N-dealkylation sites (tertiary alicyclic amines) is 1. The van der Waals surface area contributed by atoms with Gasteiger partial charge in [0.05, 0.1) is 18.8 Å². The van der Waals surface area contributed by atoms with Crippen LogP contribution in [0.4, 0.5) is 5.69 Å². The molecule has 0 bridgehead atoms. The van der Waals surface area contributed by atoms with E-state index in [1.54, 1.807) is 5.01 Å². The van der Waals surface area contributed by atoms with Gasteiger partial charge in [-0.2, -0.15) is 5.10 Å². The zero-order valence-electron chi connectivity index (χ0n) is 16.8. The molecule has 4 rings (SSSR count). The monoisotopic (exact) mass is 377 g/mol. The van der Waals surface area contributed by atoms with Crippen LogP contribution >= 0.6 is 0 Å². The van der Waals surface area contributed by atoms with E-state index in [9.17, 15) is 4.79 Å². The summed E-state index contributed by atoms with van der Waals surface area (Å²) in [5.41, 5.74) is 3.93. The van der Waals surface area contributed by atoms with Crippen molar-refractivity contribution in [3.05, 3.63) is 65.7 Å². The lowest BCUT2D eigenvalue weighted by molar-refractivity contribution is -0.904. The highest BCUT2D eigenvalue weighted by atomic mass is 16.2. The van der Waals surface area contributed by atoms with Gasteiger partial charge in [-0.15, -0.1) is 0 Å². The Kier molecular flexibility index (Phi) is 5.44. The molecule has 1 saturated heterocycles. The van der Waals surface area contributed by atoms with Gasteiger partial charge in [0.2, 0.25) is 0 Å². The van der Waals surface area contributed by atoms with E-state index in [2.05, 4.69) is 35.4 Å². The largest absolute Gasteiger partial charge is 0.317 e. The SMILES string of the molecule is CN(C)/N=C1/C(=O)N(C[NH+]2CCC(Cc3ccccc3)CC2)c2ccccc21. The summed E-state index contributed by atoms with van der Waals surface area (Å²) in [5.74, 6) is 0.771. The Bertz CT molecular complexity index is 854. The Labute approximate surface area is 167 Å². The molecule has 146 valence electrons. The maximum atomic E-state index is 13.0. The number of piperidine rings is 1. The molecule has 0 aliphatic carbocycles. The Morgan fingerprint density at radius 3 is 2.43 bits per heavy atom. The molecule has 5 heteroatoms. The van der Waals surface area contributed by atoms with Gasteiger partial charge in [0.1, 0.15) is 0 Å². The van der Waals surface area contributed by atoms with Gasteiger partial charge in [0.25, 0.3) is 5.91 Å². The Hall–Kier alpha value is -2.66. The number of quaternary nitrogens is 1. The molecule has 5 nitrogen and oxygen atoms in total. The van der Waals surface area contributed by atoms with Crippen LogP contribution in [0.5, 0.6) is 0 Å². The van der Waals surface area contributed by atoms with Crippen LogP contribution in [0.3, 0.4) is 0 Å². The summed E-state index contributed by atoms with van der Waals surface area (Å²) in [5, 5.41) is 6.15. The highest BCUT2D eigenvalue weighted by Gasteiger charge is 2.37. The van der Waals surface area contributed by atoms with E-state index in [1.807, 2.05) is 43.3 Å². The molecular weight excluding hydrogens is 348 g/mol. The molecular formula is C23H29N4O+. The number of rotatable bonds is 5. The van der Waals surface area contributed by atoms with Crippen LogP contribution < -0.4 is 9.80 Å². The van der Waals surface area contributed by atoms with Gasteiger partial charge in [-0.1, -0.05) is 48.5 Å². The molecule has 0 saturated carbocycles. The summed E-state index contributed by atoms with van der Waals surface area (Å²) < 4.78 is 0. The van der Waals surface area contributed by atoms with E-state index < -0.39 is 0 Å². The molecule has 0 atom stereocenters. The average molecular weight is 378 g/mol. The molecule has 2 heterocycles. The van der Waals surface area contributed by atoms with Crippen molar-refractivity contribution in [2.24, 2.45) is 11.0 Å². The topological polar surface area (TPSA) is 40.4 Å². The molecule has 0 aromatic heterocycles. The third-order valence-corrected chi connectivity index (χ3v) is 5.76. The van der Waals surface area contributed by atoms with E-state index in [0.717, 1.165) is 36.9 Å². The highest BCUT2D eigenvalue weighted by Crippen LogP contribution is 2.28. The quantitative estimate of drug-likeness (QED) is 0.807. The molecule has 0 unspecified atom stereocenters. The first-order chi connectivity index (χ1) is 13.6. The van der Waals surface area contributed by atoms with Gasteiger partial charge < -0.3 is 9.91 Å². The number of anilines is 1. The van der Waals surface area contributed by atoms with E-state index in [1.165, 1.54) is 29.7 Å². The molecule has 28 heavy (non-hydrogen) atoms. The number of nitrogens with zero attached hydrogens (tertiary/aromatic N) is 3. The second-order valence-corrected chi connectivity index (χ2v) is 8.09. The summed E-state index contributed by atoms with van der Waals surface area (Å²) in [6.07, 6.45) is 3.60. The third kappa shape index (κ3) is 3.94. The number of hydrazone groups is 1. The van der Waals surface area contributed by atoms with Crippen LogP contribution in [0.25, 0.3) is 0 Å². The first kappa shape index (κ1) is 18.7. The number of benzene rings is 2. The lowest BCUT2D eigenvalue weighted by Gasteiger charge is -2.32. The number of hydrogen-bond acceptors (Lipinski definition) is 3. The van der Waals surface area contributed by atoms with Crippen LogP contribution in [-0.2, 0) is 11.2 Å². The Balaban J connectivity index is 1.41. The van der Waals surface area contributed by atoms with E-state index >= 15 is 0 Å². The van der Waals surface area contributed by atoms with E-state index in [-0.39, 0.29) is 5.91 Å². The number of amides is 1. The molecule has 1 fully saturated rings. The zero-order valence-corrected chi connectivity index (χ0v) is 16.8. The first-order valence-corrected chi connectivity index (χ1v) is 10.2. The normalized spacial score (nSPS) is 23.1. The van der Waals surface area contributed by atoms with Crippen molar-refractivity contribution in [3.63, 3.8) is 0 Å². The van der Waals surface area contributed by atoms with Crippen molar-refractivity contribution in [1.29, 1.82) is 0 Å². The summed E-state index contributed by atoms with van der Waals surface area (Å²) in [7, 11) is 3.71. The van der Waals surface area contributed by atoms with Gasteiger partial charge in [-0.05, 0) is 36.8 Å². The fourth-order valence-electron chi connectivity index (χ4n) is 4.33. The molecule has 0 radical (unpaired) electrons. The molecule has 0 spiro atoms. The summed E-state index contributed by atoms with van der Waals surface area (Å²) in [4.78, 5) is 16.4. The number of carbonyl (C=O) groups excluding carboxylic acids is 1. The first-order valence-electron chi connectivity index (χ1n) is 10.2. The molecule has 2 aromatic carbocycles. The molecule has 2 aliphatic heterocycles. The highest BCUT2D eigenvalue weighted by molar-refractivity contribution is 6.54. The minimum Gasteiger partial charge on any atom is -0.317 e. The fourth-order valence-corrected chi connectivity index (χ4v) is 4.33. The fraction of sp³-hybridized carbons (Fsp3) is 0.391. The van der Waals surface area contributed by atoms with E-state index in [0.29, 0.717) is 5.71 Å². The number of carbonyl (C=O) groups is 1. The number of hydrogen-bond donors (Lipinski definition) is 1. The lowest BCUT2D eigenvalue weighted by atomic mass is 9.90. The van der Waals surface area contributed by atoms with E-state index in [4.69, 9.17) is 0 Å². The van der Waals surface area contributed by atoms with Crippen LogP contribution in [0, 0.1) is 5.92 Å². The second kappa shape index (κ2) is 8.15. The Morgan fingerprint density at radius 1 is 1.04 bits per heavy atom. The van der Waals surface area contributed by atoms with Crippen molar-refractivity contribution in [2.75, 3.05) is 38.8 Å². The number of para-hydroxylation sites is 1. The maximum absolute atomic E-state index is 13.0. The van der Waals surface area contributed by atoms with Crippen molar-refractivity contribution in [2.45, 2.75) is 19.3 Å². The molecule has 2 aromatic rings. The summed E-state index contributed by atoms with van der Waals surface area (Å²) in [6, 6.07) is 18.8. The molecule has 2 aliphatic rings. The summed E-state index contributed by atoms with van der Waals surface area (Å²) in [6.45, 7) is 2.95. The predicted octanol–water partition coefficient (Wildman–Crippen LogP) is 1.79. The van der Waals surface area contributed by atoms with Crippen LogP contribution in [0.1, 0.15) is 24.0 Å². The van der Waals surface area contributed by atoms with Gasteiger partial charge >= 0.3 is 0 Å². The minimum atomic E-state index is 0.0220. The maximum Gasteiger partial charge on any atom is 0.283 e. The van der Waals surface area contributed by atoms with Crippen LogP contribution in [0.15, 0.2) is 59.7 Å². The number of fused-ring (bicyclic) bond motifs is 1. The van der Waals surface area contributed by atoms with Crippen molar-refractivity contribution in [3.8, 4) is 0 Å². The van der Waals surface area contributed by atoms with Gasteiger partial charge in [0, 0.05) is 19.7 Å². The van der Waals surface area contributed by atoms with Crippen molar-refractivity contribution in [1.82, 2.24) is 5.01 Å². The average Bonchev–Trinajstić information content (AvgIpc) is 2.96. The smallest absolute Gasteiger partial charge is 0.283 e. The lowest BCUT2D eigenvalue weighted by Crippen LogP contribution is -3.14. The molecule has 1 amide bonds. The minimum absolute atomic E-state index is 0.0220.